The molecule has 0 saturated carbocycles. The van der Waals surface area contributed by atoms with Crippen LogP contribution in [0.15, 0.2) is 41.3 Å². The first-order valence-corrected chi connectivity index (χ1v) is 7.34. The lowest BCUT2D eigenvalue weighted by Gasteiger charge is -2.30. The summed E-state index contributed by atoms with van der Waals surface area (Å²) in [4.78, 5) is 6.63. The van der Waals surface area contributed by atoms with Gasteiger partial charge < -0.3 is 14.6 Å². The molecule has 0 amide bonds. The normalized spacial score (nSPS) is 15.5. The number of para-hydroxylation sites is 1. The molecule has 106 valence electrons. The van der Waals surface area contributed by atoms with Crippen LogP contribution in [-0.4, -0.2) is 18.1 Å². The van der Waals surface area contributed by atoms with Crippen LogP contribution < -0.4 is 10.2 Å². The smallest absolute Gasteiger partial charge is 0.180 e. The van der Waals surface area contributed by atoms with Gasteiger partial charge in [0.2, 0.25) is 0 Å². The van der Waals surface area contributed by atoms with Gasteiger partial charge in [0.25, 0.3) is 0 Å². The van der Waals surface area contributed by atoms with E-state index in [2.05, 4.69) is 39.5 Å². The molecule has 3 rings (SSSR count). The van der Waals surface area contributed by atoms with Gasteiger partial charge in [-0.25, -0.2) is 4.98 Å². The van der Waals surface area contributed by atoms with Crippen molar-refractivity contribution in [3.05, 3.63) is 48.2 Å². The highest BCUT2D eigenvalue weighted by Crippen LogP contribution is 2.24. The Morgan fingerprint density at radius 1 is 1.10 bits per heavy atom. The Labute approximate surface area is 119 Å². The van der Waals surface area contributed by atoms with Crippen LogP contribution in [0.2, 0.25) is 0 Å². The minimum absolute atomic E-state index is 0.741. The highest BCUT2D eigenvalue weighted by molar-refractivity contribution is 5.53. The first-order valence-electron chi connectivity index (χ1n) is 7.34. The van der Waals surface area contributed by atoms with Crippen molar-refractivity contribution in [1.82, 2.24) is 10.3 Å². The topological polar surface area (TPSA) is 41.3 Å². The molecule has 0 spiro atoms. The fourth-order valence-electron chi connectivity index (χ4n) is 2.75. The molecular weight excluding hydrogens is 250 g/mol. The van der Waals surface area contributed by atoms with Gasteiger partial charge in [0.15, 0.2) is 6.39 Å². The average Bonchev–Trinajstić information content (AvgIpc) is 3.02. The highest BCUT2D eigenvalue weighted by Gasteiger charge is 2.13. The molecule has 4 nitrogen and oxygen atoms in total. The van der Waals surface area contributed by atoms with Crippen molar-refractivity contribution < 1.29 is 4.42 Å². The fourth-order valence-corrected chi connectivity index (χ4v) is 2.75. The number of hydrogen-bond acceptors (Lipinski definition) is 4. The molecular formula is C16H21N3O. The second-order valence-electron chi connectivity index (χ2n) is 5.26. The van der Waals surface area contributed by atoms with Crippen LogP contribution in [0.5, 0.6) is 0 Å². The summed E-state index contributed by atoms with van der Waals surface area (Å²) in [6.45, 7) is 3.96. The van der Waals surface area contributed by atoms with E-state index in [4.69, 9.17) is 4.42 Å². The summed E-state index contributed by atoms with van der Waals surface area (Å²) < 4.78 is 4.98. The molecule has 0 radical (unpaired) electrons. The molecule has 0 atom stereocenters. The van der Waals surface area contributed by atoms with Crippen LogP contribution in [0.3, 0.4) is 0 Å². The second-order valence-corrected chi connectivity index (χ2v) is 5.26. The molecule has 1 fully saturated rings. The molecule has 2 aromatic rings. The SMILES string of the molecule is c1ccc(N2CCCCC2)c(CNCc2cocn2)c1. The molecule has 1 aromatic heterocycles. The monoisotopic (exact) mass is 271 g/mol. The number of benzene rings is 1. The van der Waals surface area contributed by atoms with E-state index in [0.29, 0.717) is 0 Å². The molecule has 2 heterocycles. The van der Waals surface area contributed by atoms with Gasteiger partial charge in [-0.1, -0.05) is 18.2 Å². The summed E-state index contributed by atoms with van der Waals surface area (Å²) in [5.74, 6) is 0. The number of piperidine rings is 1. The molecule has 1 aliphatic rings. The third-order valence-electron chi connectivity index (χ3n) is 3.79. The van der Waals surface area contributed by atoms with E-state index in [1.165, 1.54) is 50.0 Å². The molecule has 4 heteroatoms. The van der Waals surface area contributed by atoms with Crippen molar-refractivity contribution >= 4 is 5.69 Å². The van der Waals surface area contributed by atoms with Gasteiger partial charge >= 0.3 is 0 Å². The predicted molar refractivity (Wildman–Crippen MR) is 79.6 cm³/mol. The van der Waals surface area contributed by atoms with Crippen LogP contribution in [0.1, 0.15) is 30.5 Å². The third-order valence-corrected chi connectivity index (χ3v) is 3.79. The molecule has 1 saturated heterocycles. The van der Waals surface area contributed by atoms with Crippen molar-refractivity contribution in [3.63, 3.8) is 0 Å². The maximum atomic E-state index is 4.98. The maximum Gasteiger partial charge on any atom is 0.180 e. The summed E-state index contributed by atoms with van der Waals surface area (Å²) in [5.41, 5.74) is 3.68. The summed E-state index contributed by atoms with van der Waals surface area (Å²) in [5, 5.41) is 3.43. The van der Waals surface area contributed by atoms with E-state index in [0.717, 1.165) is 18.8 Å². The van der Waals surface area contributed by atoms with Crippen molar-refractivity contribution in [2.75, 3.05) is 18.0 Å². The standard InChI is InChI=1S/C16H21N3O/c1-4-8-19(9-5-1)16-7-3-2-6-14(16)10-17-11-15-12-20-13-18-15/h2-3,6-7,12-13,17H,1,4-5,8-11H2. The van der Waals surface area contributed by atoms with E-state index >= 15 is 0 Å². The molecule has 0 unspecified atom stereocenters. The Balaban J connectivity index is 1.63. The largest absolute Gasteiger partial charge is 0.451 e. The maximum absolute atomic E-state index is 4.98. The Morgan fingerprint density at radius 3 is 2.75 bits per heavy atom. The van der Waals surface area contributed by atoms with Crippen LogP contribution in [-0.2, 0) is 13.1 Å². The zero-order chi connectivity index (χ0) is 13.6. The number of nitrogens with one attached hydrogen (secondary N) is 1. The van der Waals surface area contributed by atoms with Gasteiger partial charge in [0, 0.05) is 31.9 Å². The lowest BCUT2D eigenvalue weighted by molar-refractivity contribution is 0.554. The Morgan fingerprint density at radius 2 is 1.95 bits per heavy atom. The first-order chi connectivity index (χ1) is 9.93. The molecule has 1 N–H and O–H groups in total. The van der Waals surface area contributed by atoms with E-state index in [9.17, 15) is 0 Å². The summed E-state index contributed by atoms with van der Waals surface area (Å²) in [6, 6.07) is 8.68. The Hall–Kier alpha value is -1.81. The van der Waals surface area contributed by atoms with E-state index < -0.39 is 0 Å². The van der Waals surface area contributed by atoms with Crippen molar-refractivity contribution in [3.8, 4) is 0 Å². The molecule has 1 aliphatic heterocycles. The van der Waals surface area contributed by atoms with E-state index in [-0.39, 0.29) is 0 Å². The van der Waals surface area contributed by atoms with E-state index in [1.54, 1.807) is 6.26 Å². The quantitative estimate of drug-likeness (QED) is 0.907. The fraction of sp³-hybridized carbons (Fsp3) is 0.438. The molecule has 0 bridgehead atoms. The lowest BCUT2D eigenvalue weighted by Crippen LogP contribution is -2.30. The lowest BCUT2D eigenvalue weighted by atomic mass is 10.1. The summed E-state index contributed by atoms with van der Waals surface area (Å²) >= 11 is 0. The Bertz CT molecular complexity index is 518. The summed E-state index contributed by atoms with van der Waals surface area (Å²) in [7, 11) is 0. The zero-order valence-electron chi connectivity index (χ0n) is 11.7. The van der Waals surface area contributed by atoms with Gasteiger partial charge in [-0.05, 0) is 30.9 Å². The van der Waals surface area contributed by atoms with Crippen LogP contribution >= 0.6 is 0 Å². The van der Waals surface area contributed by atoms with Gasteiger partial charge in [0.05, 0.1) is 5.69 Å². The second kappa shape index (κ2) is 6.57. The van der Waals surface area contributed by atoms with Crippen LogP contribution in [0, 0.1) is 0 Å². The minimum atomic E-state index is 0.741. The molecule has 1 aromatic carbocycles. The van der Waals surface area contributed by atoms with Crippen LogP contribution in [0.4, 0.5) is 5.69 Å². The number of nitrogens with zero attached hydrogens (tertiary/aromatic N) is 2. The van der Waals surface area contributed by atoms with Crippen LogP contribution in [0.25, 0.3) is 0 Å². The Kier molecular flexibility index (Phi) is 4.33. The third kappa shape index (κ3) is 3.20. The molecule has 0 aliphatic carbocycles. The van der Waals surface area contributed by atoms with Gasteiger partial charge in [0.1, 0.15) is 6.26 Å². The number of rotatable bonds is 5. The number of anilines is 1. The van der Waals surface area contributed by atoms with Crippen molar-refractivity contribution in [2.24, 2.45) is 0 Å². The predicted octanol–water partition coefficient (Wildman–Crippen LogP) is 2.95. The van der Waals surface area contributed by atoms with Crippen molar-refractivity contribution in [2.45, 2.75) is 32.4 Å². The zero-order valence-corrected chi connectivity index (χ0v) is 11.7. The van der Waals surface area contributed by atoms with Crippen molar-refractivity contribution in [1.29, 1.82) is 0 Å². The number of hydrogen-bond donors (Lipinski definition) is 1. The molecule has 20 heavy (non-hydrogen) atoms. The minimum Gasteiger partial charge on any atom is -0.451 e. The first kappa shape index (κ1) is 13.2. The number of oxazole rings is 1. The van der Waals surface area contributed by atoms with E-state index in [1.807, 2.05) is 0 Å². The summed E-state index contributed by atoms with van der Waals surface area (Å²) in [6.07, 6.45) is 7.13. The van der Waals surface area contributed by atoms with Gasteiger partial charge in [-0.2, -0.15) is 0 Å². The van der Waals surface area contributed by atoms with Gasteiger partial charge in [-0.3, -0.25) is 0 Å². The highest BCUT2D eigenvalue weighted by atomic mass is 16.3. The van der Waals surface area contributed by atoms with Gasteiger partial charge in [-0.15, -0.1) is 0 Å². The average molecular weight is 271 g/mol. The number of aromatic nitrogens is 1.